The average Bonchev–Trinajstić information content (AvgIpc) is 2.35. The Labute approximate surface area is 103 Å². The van der Waals surface area contributed by atoms with Gasteiger partial charge in [0.05, 0.1) is 13.7 Å². The Kier molecular flexibility index (Phi) is 4.50. The van der Waals surface area contributed by atoms with Crippen LogP contribution in [0.2, 0.25) is 0 Å². The summed E-state index contributed by atoms with van der Waals surface area (Å²) in [4.78, 5) is 22.3. The summed E-state index contributed by atoms with van der Waals surface area (Å²) in [5.41, 5.74) is 0.0630. The molecular formula is C11H13NO6. The topological polar surface area (TPSA) is 116 Å². The maximum absolute atomic E-state index is 11.6. The van der Waals surface area contributed by atoms with Crippen molar-refractivity contribution in [1.29, 1.82) is 0 Å². The maximum atomic E-state index is 11.6. The second kappa shape index (κ2) is 5.87. The molecule has 1 atom stereocenters. The molecule has 1 amide bonds. The highest BCUT2D eigenvalue weighted by Gasteiger charge is 2.20. The van der Waals surface area contributed by atoms with Crippen LogP contribution >= 0.6 is 0 Å². The molecule has 7 nitrogen and oxygen atoms in total. The minimum atomic E-state index is -1.39. The molecule has 0 heterocycles. The molecule has 0 saturated carbocycles. The summed E-state index contributed by atoms with van der Waals surface area (Å²) in [6.07, 6.45) is 0. The maximum Gasteiger partial charge on any atom is 0.328 e. The number of carbonyl (C=O) groups is 2. The fourth-order valence-electron chi connectivity index (χ4n) is 1.26. The lowest BCUT2D eigenvalue weighted by atomic mass is 10.1. The average molecular weight is 255 g/mol. The standard InChI is InChI=1S/C11H13NO6/c1-18-9-3-2-6(4-8(9)14)10(15)12-7(5-13)11(16)17/h2-4,7,13-14H,5H2,1H3,(H,12,15)(H,16,17). The van der Waals surface area contributed by atoms with Crippen molar-refractivity contribution in [3.63, 3.8) is 0 Å². The Balaban J connectivity index is 2.84. The van der Waals surface area contributed by atoms with E-state index in [0.717, 1.165) is 6.07 Å². The van der Waals surface area contributed by atoms with Gasteiger partial charge in [0, 0.05) is 5.56 Å². The molecule has 0 aliphatic rings. The molecule has 7 heteroatoms. The summed E-state index contributed by atoms with van der Waals surface area (Å²) < 4.78 is 4.80. The van der Waals surface area contributed by atoms with Gasteiger partial charge < -0.3 is 25.4 Å². The molecule has 0 aliphatic heterocycles. The van der Waals surface area contributed by atoms with Crippen LogP contribution in [0, 0.1) is 0 Å². The number of aliphatic hydroxyl groups excluding tert-OH is 1. The number of aliphatic carboxylic acids is 1. The monoisotopic (exact) mass is 255 g/mol. The Morgan fingerprint density at radius 2 is 2.11 bits per heavy atom. The number of ether oxygens (including phenoxy) is 1. The number of benzene rings is 1. The summed E-state index contributed by atoms with van der Waals surface area (Å²) in [7, 11) is 1.36. The van der Waals surface area contributed by atoms with Crippen LogP contribution in [0.15, 0.2) is 18.2 Å². The van der Waals surface area contributed by atoms with Crippen molar-refractivity contribution >= 4 is 11.9 Å². The molecule has 0 saturated heterocycles. The second-order valence-corrected chi connectivity index (χ2v) is 3.43. The van der Waals surface area contributed by atoms with Crippen molar-refractivity contribution in [3.8, 4) is 11.5 Å². The predicted molar refractivity (Wildman–Crippen MR) is 60.6 cm³/mol. The number of carbonyl (C=O) groups excluding carboxylic acids is 1. The predicted octanol–water partition coefficient (Wildman–Crippen LogP) is -0.424. The molecule has 4 N–H and O–H groups in total. The Hall–Kier alpha value is -2.28. The zero-order valence-corrected chi connectivity index (χ0v) is 9.58. The molecule has 1 aromatic carbocycles. The highest BCUT2D eigenvalue weighted by Crippen LogP contribution is 2.26. The summed E-state index contributed by atoms with van der Waals surface area (Å²) >= 11 is 0. The van der Waals surface area contributed by atoms with Gasteiger partial charge in [-0.2, -0.15) is 0 Å². The Morgan fingerprint density at radius 1 is 1.44 bits per heavy atom. The summed E-state index contributed by atoms with van der Waals surface area (Å²) in [6.45, 7) is -0.719. The van der Waals surface area contributed by atoms with Gasteiger partial charge >= 0.3 is 5.97 Å². The quantitative estimate of drug-likeness (QED) is 0.567. The lowest BCUT2D eigenvalue weighted by Crippen LogP contribution is -2.43. The van der Waals surface area contributed by atoms with Gasteiger partial charge in [0.2, 0.25) is 0 Å². The van der Waals surface area contributed by atoms with Crippen molar-refractivity contribution in [2.45, 2.75) is 6.04 Å². The minimum absolute atomic E-state index is 0.0630. The van der Waals surface area contributed by atoms with Crippen LogP contribution in [-0.2, 0) is 4.79 Å². The van der Waals surface area contributed by atoms with Gasteiger partial charge in [0.1, 0.15) is 0 Å². The number of hydrogen-bond donors (Lipinski definition) is 4. The van der Waals surface area contributed by atoms with Gasteiger partial charge in [-0.15, -0.1) is 0 Å². The van der Waals surface area contributed by atoms with Crippen LogP contribution in [0.4, 0.5) is 0 Å². The van der Waals surface area contributed by atoms with E-state index in [1.807, 2.05) is 0 Å². The molecule has 0 spiro atoms. The van der Waals surface area contributed by atoms with Crippen molar-refractivity contribution < 1.29 is 29.6 Å². The van der Waals surface area contributed by atoms with E-state index in [-0.39, 0.29) is 17.1 Å². The fourth-order valence-corrected chi connectivity index (χ4v) is 1.26. The number of carboxylic acids is 1. The van der Waals surface area contributed by atoms with Crippen molar-refractivity contribution in [1.82, 2.24) is 5.32 Å². The molecule has 1 unspecified atom stereocenters. The van der Waals surface area contributed by atoms with E-state index in [0.29, 0.717) is 0 Å². The largest absolute Gasteiger partial charge is 0.504 e. The van der Waals surface area contributed by atoms with Crippen molar-refractivity contribution in [2.75, 3.05) is 13.7 Å². The van der Waals surface area contributed by atoms with Gasteiger partial charge in [-0.25, -0.2) is 4.79 Å². The first kappa shape index (κ1) is 13.8. The number of amides is 1. The smallest absolute Gasteiger partial charge is 0.328 e. The molecule has 0 bridgehead atoms. The van der Waals surface area contributed by atoms with Crippen LogP contribution in [0.25, 0.3) is 0 Å². The lowest BCUT2D eigenvalue weighted by molar-refractivity contribution is -0.140. The van der Waals surface area contributed by atoms with Crippen molar-refractivity contribution in [3.05, 3.63) is 23.8 Å². The first-order valence-corrected chi connectivity index (χ1v) is 5.01. The zero-order chi connectivity index (χ0) is 13.7. The first-order chi connectivity index (χ1) is 8.49. The number of aliphatic hydroxyl groups is 1. The molecule has 0 aliphatic carbocycles. The zero-order valence-electron chi connectivity index (χ0n) is 9.58. The van der Waals surface area contributed by atoms with E-state index in [4.69, 9.17) is 14.9 Å². The van der Waals surface area contributed by atoms with Gasteiger partial charge in [0.25, 0.3) is 5.91 Å². The Morgan fingerprint density at radius 3 is 2.56 bits per heavy atom. The number of methoxy groups -OCH3 is 1. The van der Waals surface area contributed by atoms with Gasteiger partial charge in [-0.1, -0.05) is 0 Å². The van der Waals surface area contributed by atoms with E-state index < -0.39 is 24.5 Å². The molecule has 18 heavy (non-hydrogen) atoms. The molecule has 0 aromatic heterocycles. The van der Waals surface area contributed by atoms with E-state index in [2.05, 4.69) is 5.32 Å². The first-order valence-electron chi connectivity index (χ1n) is 5.01. The third-order valence-corrected chi connectivity index (χ3v) is 2.23. The number of hydrogen-bond acceptors (Lipinski definition) is 5. The van der Waals surface area contributed by atoms with Crippen LogP contribution in [0.1, 0.15) is 10.4 Å². The molecule has 0 radical (unpaired) electrons. The van der Waals surface area contributed by atoms with E-state index >= 15 is 0 Å². The molecule has 1 rings (SSSR count). The highest BCUT2D eigenvalue weighted by molar-refractivity contribution is 5.97. The van der Waals surface area contributed by atoms with Gasteiger partial charge in [-0.05, 0) is 18.2 Å². The lowest BCUT2D eigenvalue weighted by Gasteiger charge is -2.12. The third kappa shape index (κ3) is 3.11. The Bertz CT molecular complexity index is 459. The van der Waals surface area contributed by atoms with E-state index in [1.165, 1.54) is 19.2 Å². The molecule has 0 fully saturated rings. The van der Waals surface area contributed by atoms with Gasteiger partial charge in [0.15, 0.2) is 17.5 Å². The third-order valence-electron chi connectivity index (χ3n) is 2.23. The van der Waals surface area contributed by atoms with Crippen LogP contribution < -0.4 is 10.1 Å². The second-order valence-electron chi connectivity index (χ2n) is 3.43. The SMILES string of the molecule is COc1ccc(C(=O)NC(CO)C(=O)O)cc1O. The van der Waals surface area contributed by atoms with Crippen molar-refractivity contribution in [2.24, 2.45) is 0 Å². The number of phenolic OH excluding ortho intramolecular Hbond substituents is 1. The fraction of sp³-hybridized carbons (Fsp3) is 0.273. The normalized spacial score (nSPS) is 11.7. The number of carboxylic acid groups (broad SMARTS) is 1. The van der Waals surface area contributed by atoms with Crippen LogP contribution in [0.5, 0.6) is 11.5 Å². The van der Waals surface area contributed by atoms with E-state index in [9.17, 15) is 14.7 Å². The summed E-state index contributed by atoms with van der Waals surface area (Å²) in [5.74, 6) is -2.09. The van der Waals surface area contributed by atoms with Crippen LogP contribution in [-0.4, -0.2) is 47.0 Å². The molecule has 1 aromatic rings. The molecule has 98 valence electrons. The molecular weight excluding hydrogens is 242 g/mol. The number of nitrogens with one attached hydrogen (secondary N) is 1. The summed E-state index contributed by atoms with van der Waals surface area (Å²) in [5, 5.41) is 29.0. The summed E-state index contributed by atoms with van der Waals surface area (Å²) in [6, 6.07) is 2.50. The minimum Gasteiger partial charge on any atom is -0.504 e. The van der Waals surface area contributed by atoms with Crippen LogP contribution in [0.3, 0.4) is 0 Å². The van der Waals surface area contributed by atoms with Gasteiger partial charge in [-0.3, -0.25) is 4.79 Å². The van der Waals surface area contributed by atoms with E-state index in [1.54, 1.807) is 0 Å². The highest BCUT2D eigenvalue weighted by atomic mass is 16.5. The number of rotatable bonds is 5. The number of phenols is 1. The number of aromatic hydroxyl groups is 1.